The van der Waals surface area contributed by atoms with Crippen LogP contribution >= 0.6 is 0 Å². The average molecular weight is 475 g/mol. The summed E-state index contributed by atoms with van der Waals surface area (Å²) in [6.45, 7) is 0.885. The molecule has 182 valence electrons. The van der Waals surface area contributed by atoms with Crippen molar-refractivity contribution in [2.45, 2.75) is 44.1 Å². The molecular formula is C28H30N2O5. The topological polar surface area (TPSA) is 95.9 Å². The molecule has 3 fully saturated rings. The lowest BCUT2D eigenvalue weighted by molar-refractivity contribution is -0.143. The summed E-state index contributed by atoms with van der Waals surface area (Å²) >= 11 is 0. The number of ether oxygens (including phenoxy) is 1. The van der Waals surface area contributed by atoms with Gasteiger partial charge < -0.3 is 20.1 Å². The van der Waals surface area contributed by atoms with Crippen LogP contribution in [-0.2, 0) is 14.3 Å². The highest BCUT2D eigenvalue weighted by atomic mass is 16.5. The van der Waals surface area contributed by atoms with Crippen LogP contribution in [0.1, 0.15) is 49.1 Å². The average Bonchev–Trinajstić information content (AvgIpc) is 3.76. The number of fused-ring (bicyclic) bond motifs is 3. The molecule has 7 nitrogen and oxygen atoms in total. The minimum Gasteiger partial charge on any atom is -0.481 e. The Labute approximate surface area is 204 Å². The maximum absolute atomic E-state index is 13.4. The van der Waals surface area contributed by atoms with E-state index in [-0.39, 0.29) is 30.4 Å². The van der Waals surface area contributed by atoms with Gasteiger partial charge in [0.2, 0.25) is 5.91 Å². The molecule has 0 bridgehead atoms. The first kappa shape index (κ1) is 22.1. The van der Waals surface area contributed by atoms with Gasteiger partial charge in [0, 0.05) is 24.4 Å². The summed E-state index contributed by atoms with van der Waals surface area (Å²) in [5.74, 6) is -1.15. The lowest BCUT2D eigenvalue weighted by atomic mass is 9.93. The smallest absolute Gasteiger partial charge is 0.407 e. The molecule has 2 N–H and O–H groups in total. The fourth-order valence-electron chi connectivity index (χ4n) is 6.06. The van der Waals surface area contributed by atoms with Gasteiger partial charge in [-0.15, -0.1) is 0 Å². The molecule has 0 aromatic heterocycles. The molecule has 1 heterocycles. The first-order valence-corrected chi connectivity index (χ1v) is 12.6. The Bertz CT molecular complexity index is 1140. The number of carbonyl (C=O) groups is 3. The van der Waals surface area contributed by atoms with Crippen molar-refractivity contribution in [2.24, 2.45) is 17.3 Å². The van der Waals surface area contributed by atoms with E-state index in [1.165, 1.54) is 0 Å². The highest BCUT2D eigenvalue weighted by molar-refractivity contribution is 5.87. The van der Waals surface area contributed by atoms with Gasteiger partial charge >= 0.3 is 12.1 Å². The van der Waals surface area contributed by atoms with Crippen molar-refractivity contribution in [1.29, 1.82) is 0 Å². The van der Waals surface area contributed by atoms with E-state index in [2.05, 4.69) is 29.6 Å². The van der Waals surface area contributed by atoms with E-state index in [1.807, 2.05) is 24.3 Å². The Morgan fingerprint density at radius 1 is 1.03 bits per heavy atom. The molecule has 1 spiro atoms. The van der Waals surface area contributed by atoms with Crippen LogP contribution in [0.3, 0.4) is 0 Å². The van der Waals surface area contributed by atoms with Gasteiger partial charge in [0.05, 0.1) is 5.92 Å². The number of rotatable bonds is 7. The van der Waals surface area contributed by atoms with Gasteiger partial charge in [0.25, 0.3) is 0 Å². The van der Waals surface area contributed by atoms with Crippen LogP contribution in [0.4, 0.5) is 4.79 Å². The lowest BCUT2D eigenvalue weighted by Crippen LogP contribution is -2.48. The third-order valence-electron chi connectivity index (χ3n) is 8.35. The fourth-order valence-corrected chi connectivity index (χ4v) is 6.06. The van der Waals surface area contributed by atoms with Gasteiger partial charge in [-0.2, -0.15) is 0 Å². The van der Waals surface area contributed by atoms with Crippen LogP contribution in [0.25, 0.3) is 11.1 Å². The highest BCUT2D eigenvalue weighted by Gasteiger charge is 2.59. The molecule has 1 aliphatic heterocycles. The van der Waals surface area contributed by atoms with Gasteiger partial charge in [-0.05, 0) is 47.4 Å². The number of carbonyl (C=O) groups excluding carboxylic acids is 2. The first-order valence-electron chi connectivity index (χ1n) is 12.6. The van der Waals surface area contributed by atoms with Crippen molar-refractivity contribution in [1.82, 2.24) is 10.2 Å². The largest absolute Gasteiger partial charge is 0.481 e. The van der Waals surface area contributed by atoms with E-state index < -0.39 is 24.0 Å². The van der Waals surface area contributed by atoms with Crippen LogP contribution < -0.4 is 5.32 Å². The van der Waals surface area contributed by atoms with Crippen LogP contribution in [0, 0.1) is 17.3 Å². The Morgan fingerprint density at radius 3 is 2.20 bits per heavy atom. The Balaban J connectivity index is 1.13. The van der Waals surface area contributed by atoms with Crippen molar-refractivity contribution in [3.05, 3.63) is 59.7 Å². The fraction of sp³-hybridized carbons (Fsp3) is 0.464. The van der Waals surface area contributed by atoms with E-state index >= 15 is 0 Å². The molecule has 2 aromatic carbocycles. The van der Waals surface area contributed by atoms with E-state index in [9.17, 15) is 19.5 Å². The molecule has 7 heteroatoms. The highest BCUT2D eigenvalue weighted by Crippen LogP contribution is 2.56. The molecule has 3 aliphatic carbocycles. The van der Waals surface area contributed by atoms with Crippen molar-refractivity contribution < 1.29 is 24.2 Å². The lowest BCUT2D eigenvalue weighted by Gasteiger charge is -2.24. The van der Waals surface area contributed by atoms with Gasteiger partial charge in [-0.25, -0.2) is 4.79 Å². The predicted octanol–water partition coefficient (Wildman–Crippen LogP) is 4.02. The molecule has 2 amide bonds. The number of hydrogen-bond acceptors (Lipinski definition) is 4. The summed E-state index contributed by atoms with van der Waals surface area (Å²) in [5, 5.41) is 12.4. The van der Waals surface area contributed by atoms with Crippen molar-refractivity contribution in [2.75, 3.05) is 19.7 Å². The van der Waals surface area contributed by atoms with Gasteiger partial charge in [0.1, 0.15) is 12.6 Å². The Morgan fingerprint density at radius 2 is 1.66 bits per heavy atom. The zero-order valence-corrected chi connectivity index (χ0v) is 19.6. The minimum absolute atomic E-state index is 0.0460. The summed E-state index contributed by atoms with van der Waals surface area (Å²) in [5.41, 5.74) is 4.33. The SMILES string of the molecule is O=C(N[C@@H](CC1CC1)C(=O)N1CC(C(=O)O)C2(CC2)C1)OCC1c2ccccc2-c2ccccc21. The molecule has 2 atom stereocenters. The Hall–Kier alpha value is -3.35. The minimum atomic E-state index is -0.832. The van der Waals surface area contributed by atoms with E-state index in [4.69, 9.17) is 4.74 Å². The Kier molecular flexibility index (Phi) is 5.31. The van der Waals surface area contributed by atoms with Crippen LogP contribution in [0.5, 0.6) is 0 Å². The zero-order chi connectivity index (χ0) is 24.2. The number of aliphatic carboxylic acids is 1. The molecule has 6 rings (SSSR count). The molecule has 1 saturated heterocycles. The van der Waals surface area contributed by atoms with Crippen LogP contribution in [0.2, 0.25) is 0 Å². The summed E-state index contributed by atoms with van der Waals surface area (Å²) in [4.78, 5) is 39.6. The number of nitrogens with one attached hydrogen (secondary N) is 1. The molecule has 1 unspecified atom stereocenters. The maximum Gasteiger partial charge on any atom is 0.407 e. The molecule has 2 saturated carbocycles. The van der Waals surface area contributed by atoms with Crippen molar-refractivity contribution >= 4 is 18.0 Å². The third kappa shape index (κ3) is 4.07. The van der Waals surface area contributed by atoms with Gasteiger partial charge in [0.15, 0.2) is 0 Å². The quantitative estimate of drug-likeness (QED) is 0.632. The second-order valence-corrected chi connectivity index (χ2v) is 10.7. The van der Waals surface area contributed by atoms with Gasteiger partial charge in [-0.3, -0.25) is 9.59 Å². The van der Waals surface area contributed by atoms with Crippen molar-refractivity contribution in [3.8, 4) is 11.1 Å². The molecule has 4 aliphatic rings. The standard InChI is InChI=1S/C28H30N2O5/c31-25(30-14-23(26(32)33)28(16-30)11-12-28)24(13-17-9-10-17)29-27(34)35-15-22-20-7-3-1-5-18(20)19-6-2-4-8-21(19)22/h1-8,17,22-24H,9-16H2,(H,29,34)(H,32,33)/t23?,24-/m0/s1. The maximum atomic E-state index is 13.4. The summed E-state index contributed by atoms with van der Waals surface area (Å²) in [6, 6.07) is 15.7. The molecule has 2 aromatic rings. The first-order chi connectivity index (χ1) is 16.9. The number of benzene rings is 2. The molecular weight excluding hydrogens is 444 g/mol. The number of likely N-dealkylation sites (tertiary alicyclic amines) is 1. The summed E-state index contributed by atoms with van der Waals surface area (Å²) in [7, 11) is 0. The molecule has 35 heavy (non-hydrogen) atoms. The second-order valence-electron chi connectivity index (χ2n) is 10.7. The summed E-state index contributed by atoms with van der Waals surface area (Å²) < 4.78 is 5.68. The van der Waals surface area contributed by atoms with Crippen LogP contribution in [-0.4, -0.2) is 53.7 Å². The molecule has 0 radical (unpaired) electrons. The van der Waals surface area contributed by atoms with Gasteiger partial charge in [-0.1, -0.05) is 61.4 Å². The number of carboxylic acid groups (broad SMARTS) is 1. The second kappa shape index (κ2) is 8.40. The van der Waals surface area contributed by atoms with Crippen LogP contribution in [0.15, 0.2) is 48.5 Å². The van der Waals surface area contributed by atoms with E-state index in [0.29, 0.717) is 18.9 Å². The van der Waals surface area contributed by atoms with E-state index in [1.54, 1.807) is 4.90 Å². The van der Waals surface area contributed by atoms with E-state index in [0.717, 1.165) is 47.9 Å². The summed E-state index contributed by atoms with van der Waals surface area (Å²) in [6.07, 6.45) is 3.78. The number of alkyl carbamates (subject to hydrolysis) is 1. The number of nitrogens with zero attached hydrogens (tertiary/aromatic N) is 1. The number of hydrogen-bond donors (Lipinski definition) is 2. The van der Waals surface area contributed by atoms with Crippen molar-refractivity contribution in [3.63, 3.8) is 0 Å². The number of carboxylic acids is 1. The predicted molar refractivity (Wildman–Crippen MR) is 129 cm³/mol. The number of amides is 2. The zero-order valence-electron chi connectivity index (χ0n) is 19.6. The normalized spacial score (nSPS) is 22.4. The monoisotopic (exact) mass is 474 g/mol. The third-order valence-corrected chi connectivity index (χ3v) is 8.35.